The summed E-state index contributed by atoms with van der Waals surface area (Å²) in [5.41, 5.74) is 4.81. The van der Waals surface area contributed by atoms with Gasteiger partial charge in [-0.3, -0.25) is 0 Å². The van der Waals surface area contributed by atoms with E-state index in [1.165, 1.54) is 0 Å². The van der Waals surface area contributed by atoms with Crippen molar-refractivity contribution in [2.45, 2.75) is 0 Å². The second-order valence-electron chi connectivity index (χ2n) is 0.577. The van der Waals surface area contributed by atoms with Crippen molar-refractivity contribution in [3.05, 3.63) is 0 Å². The molecule has 0 aromatic carbocycles. The molecular weight excluding hydrogens is 102 g/mol. The topological polar surface area (TPSA) is 63.3 Å². The van der Waals surface area contributed by atoms with Gasteiger partial charge in [-0.2, -0.15) is 0 Å². The van der Waals surface area contributed by atoms with Crippen LogP contribution in [0.5, 0.6) is 0 Å². The molecule has 6 heavy (non-hydrogen) atoms. The Bertz CT molecular complexity index is 55.5. The zero-order valence-corrected chi connectivity index (χ0v) is 3.86. The van der Waals surface area contributed by atoms with Gasteiger partial charge in [-0.15, -0.1) is 0 Å². The highest BCUT2D eigenvalue weighted by Gasteiger charge is 1.88. The van der Waals surface area contributed by atoms with E-state index in [1.54, 1.807) is 0 Å². The molecule has 0 aliphatic rings. The number of nitrogens with two attached hydrogens (primary N) is 1. The van der Waals surface area contributed by atoms with Crippen LogP contribution in [0.2, 0.25) is 0 Å². The average molecular weight is 107 g/mol. The molecule has 0 bridgehead atoms. The molecule has 3 nitrogen and oxygen atoms in total. The minimum absolute atomic E-state index is 0.148. The molecule has 0 rings (SSSR count). The van der Waals surface area contributed by atoms with Gasteiger partial charge in [0, 0.05) is 0 Å². The van der Waals surface area contributed by atoms with Gasteiger partial charge in [-0.25, -0.2) is 4.79 Å². The van der Waals surface area contributed by atoms with Crippen molar-refractivity contribution in [3.63, 3.8) is 0 Å². The average Bonchev–Trinajstić information content (AvgIpc) is 1.35. The van der Waals surface area contributed by atoms with Gasteiger partial charge in [0.2, 0.25) is 0 Å². The number of carboxylic acid groups (broad SMARTS) is 1. The predicted molar refractivity (Wildman–Crippen MR) is 24.7 cm³/mol. The number of rotatable bonds is 1. The second kappa shape index (κ2) is 2.99. The van der Waals surface area contributed by atoms with Crippen molar-refractivity contribution in [3.8, 4) is 0 Å². The summed E-state index contributed by atoms with van der Waals surface area (Å²) in [6.45, 7) is 0. The lowest BCUT2D eigenvalue weighted by atomic mass is 11.5. The van der Waals surface area contributed by atoms with E-state index in [1.807, 2.05) is 0 Å². The van der Waals surface area contributed by atoms with Crippen molar-refractivity contribution in [2.24, 2.45) is 5.73 Å². The molecule has 0 saturated carbocycles. The Labute approximate surface area is 39.5 Å². The lowest BCUT2D eigenvalue weighted by Crippen LogP contribution is -1.96. The van der Waals surface area contributed by atoms with E-state index >= 15 is 0 Å². The summed E-state index contributed by atoms with van der Waals surface area (Å²) in [7, 11) is 0. The molecule has 4 heteroatoms. The summed E-state index contributed by atoms with van der Waals surface area (Å²) in [6.07, 6.45) is 0. The number of hydrogen-bond donors (Lipinski definition) is 2. The molecule has 0 aromatic rings. The van der Waals surface area contributed by atoms with Crippen molar-refractivity contribution < 1.29 is 9.90 Å². The van der Waals surface area contributed by atoms with Gasteiger partial charge >= 0.3 is 5.30 Å². The normalized spacial score (nSPS) is 8.17. The molecule has 0 saturated heterocycles. The van der Waals surface area contributed by atoms with E-state index in [4.69, 9.17) is 10.8 Å². The van der Waals surface area contributed by atoms with Gasteiger partial charge in [0.15, 0.2) is 0 Å². The Morgan fingerprint density at radius 3 is 2.50 bits per heavy atom. The van der Waals surface area contributed by atoms with Gasteiger partial charge in [-0.05, 0) is 11.8 Å². The first-order chi connectivity index (χ1) is 2.77. The van der Waals surface area contributed by atoms with E-state index in [0.717, 1.165) is 0 Å². The smallest absolute Gasteiger partial charge is 0.366 e. The standard InChI is InChI=1S/C2H5NO2S/c3-1-6-2(4)5/h1,3H2,(H,4,5). The van der Waals surface area contributed by atoms with Crippen molar-refractivity contribution in [2.75, 3.05) is 5.88 Å². The molecule has 0 radical (unpaired) electrons. The predicted octanol–water partition coefficient (Wildman–Crippen LogP) is 0.314. The Kier molecular flexibility index (Phi) is 2.88. The lowest BCUT2D eigenvalue weighted by Gasteiger charge is -1.80. The molecule has 0 aliphatic heterocycles. The highest BCUT2D eigenvalue weighted by atomic mass is 32.2. The van der Waals surface area contributed by atoms with Crippen LogP contribution < -0.4 is 5.73 Å². The van der Waals surface area contributed by atoms with Crippen molar-refractivity contribution in [1.82, 2.24) is 0 Å². The molecule has 0 heterocycles. The third-order valence-corrected chi connectivity index (χ3v) is 0.620. The van der Waals surface area contributed by atoms with Crippen LogP contribution in [0, 0.1) is 0 Å². The number of hydrogen-bond acceptors (Lipinski definition) is 3. The molecule has 0 fully saturated rings. The largest absolute Gasteiger partial charge is 0.473 e. The van der Waals surface area contributed by atoms with Gasteiger partial charge in [0.05, 0.1) is 5.88 Å². The van der Waals surface area contributed by atoms with E-state index in [9.17, 15) is 4.79 Å². The minimum atomic E-state index is -0.919. The zero-order chi connectivity index (χ0) is 4.99. The van der Waals surface area contributed by atoms with Gasteiger partial charge in [0.25, 0.3) is 0 Å². The first-order valence-corrected chi connectivity index (χ1v) is 2.31. The number of carbonyl (C=O) groups is 1. The van der Waals surface area contributed by atoms with Crippen molar-refractivity contribution >= 4 is 17.1 Å². The molecule has 3 N–H and O–H groups in total. The monoisotopic (exact) mass is 107 g/mol. The maximum absolute atomic E-state index is 9.48. The molecule has 0 unspecified atom stereocenters. The fourth-order valence-corrected chi connectivity index (χ4v) is 0.214. The van der Waals surface area contributed by atoms with E-state index in [2.05, 4.69) is 0 Å². The fraction of sp³-hybridized carbons (Fsp3) is 0.500. The van der Waals surface area contributed by atoms with Crippen LogP contribution in [0.15, 0.2) is 0 Å². The summed E-state index contributed by atoms with van der Waals surface area (Å²) in [6, 6.07) is 0. The van der Waals surface area contributed by atoms with E-state index in [0.29, 0.717) is 11.8 Å². The number of thioether (sulfide) groups is 1. The molecule has 0 spiro atoms. The third kappa shape index (κ3) is 3.78. The van der Waals surface area contributed by atoms with Gasteiger partial charge in [-0.1, -0.05) is 0 Å². The van der Waals surface area contributed by atoms with Crippen LogP contribution in [0.1, 0.15) is 0 Å². The van der Waals surface area contributed by atoms with Crippen LogP contribution in [-0.4, -0.2) is 16.3 Å². The van der Waals surface area contributed by atoms with Crippen LogP contribution in [0.25, 0.3) is 0 Å². The lowest BCUT2D eigenvalue weighted by molar-refractivity contribution is 0.222. The molecule has 0 aromatic heterocycles. The van der Waals surface area contributed by atoms with Gasteiger partial charge < -0.3 is 10.8 Å². The molecule has 0 amide bonds. The Balaban J connectivity index is 2.83. The maximum Gasteiger partial charge on any atom is 0.366 e. The quantitative estimate of drug-likeness (QED) is 0.473. The third-order valence-electron chi connectivity index (χ3n) is 0.207. The van der Waals surface area contributed by atoms with E-state index in [-0.39, 0.29) is 5.88 Å². The summed E-state index contributed by atoms with van der Waals surface area (Å²) < 4.78 is 0. The van der Waals surface area contributed by atoms with Crippen molar-refractivity contribution in [1.29, 1.82) is 0 Å². The highest BCUT2D eigenvalue weighted by Crippen LogP contribution is 1.92. The zero-order valence-electron chi connectivity index (χ0n) is 3.05. The summed E-state index contributed by atoms with van der Waals surface area (Å²) in [5, 5.41) is 6.88. The van der Waals surface area contributed by atoms with E-state index < -0.39 is 5.30 Å². The van der Waals surface area contributed by atoms with Gasteiger partial charge in [0.1, 0.15) is 0 Å². The second-order valence-corrected chi connectivity index (χ2v) is 1.55. The van der Waals surface area contributed by atoms with Crippen LogP contribution in [0.4, 0.5) is 4.79 Å². The molecular formula is C2H5NO2S. The summed E-state index contributed by atoms with van der Waals surface area (Å²) >= 11 is 0.681. The minimum Gasteiger partial charge on any atom is -0.473 e. The molecule has 0 atom stereocenters. The fourth-order valence-electron chi connectivity index (χ4n) is 0.0713. The SMILES string of the molecule is NCSC(=O)O. The Morgan fingerprint density at radius 1 is 2.00 bits per heavy atom. The molecule has 0 aliphatic carbocycles. The summed E-state index contributed by atoms with van der Waals surface area (Å²) in [4.78, 5) is 9.48. The summed E-state index contributed by atoms with van der Waals surface area (Å²) in [5.74, 6) is 0.148. The van der Waals surface area contributed by atoms with Crippen LogP contribution in [0.3, 0.4) is 0 Å². The Morgan fingerprint density at radius 2 is 2.50 bits per heavy atom. The Hall–Kier alpha value is -0.220. The van der Waals surface area contributed by atoms with Crippen LogP contribution in [-0.2, 0) is 0 Å². The van der Waals surface area contributed by atoms with Crippen LogP contribution >= 0.6 is 11.8 Å². The first kappa shape index (κ1) is 5.78. The first-order valence-electron chi connectivity index (χ1n) is 1.33. The molecule has 36 valence electrons. The maximum atomic E-state index is 9.48. The highest BCUT2D eigenvalue weighted by molar-refractivity contribution is 8.13.